The molecule has 7 nitrogen and oxygen atoms in total. The maximum atomic E-state index is 11.4. The Morgan fingerprint density at radius 2 is 1.81 bits per heavy atom. The third-order valence-electron chi connectivity index (χ3n) is 2.00. The lowest BCUT2D eigenvalue weighted by Gasteiger charge is -2.20. The molecule has 0 heterocycles. The van der Waals surface area contributed by atoms with Crippen molar-refractivity contribution < 1.29 is 19.5 Å². The summed E-state index contributed by atoms with van der Waals surface area (Å²) in [7, 11) is 0. The van der Waals surface area contributed by atoms with Crippen LogP contribution in [0.1, 0.15) is 20.3 Å². The van der Waals surface area contributed by atoms with Crippen molar-refractivity contribution in [3.05, 3.63) is 0 Å². The molecule has 0 fully saturated rings. The number of rotatable bonds is 6. The molecule has 2 unspecified atom stereocenters. The molecule has 7 heteroatoms. The third-order valence-corrected chi connectivity index (χ3v) is 2.00. The zero-order valence-electron chi connectivity index (χ0n) is 9.27. The highest BCUT2D eigenvalue weighted by Crippen LogP contribution is 2.01. The molecule has 0 aromatic rings. The average Bonchev–Trinajstić information content (AvgIpc) is 2.11. The van der Waals surface area contributed by atoms with E-state index in [-0.39, 0.29) is 5.92 Å². The summed E-state index contributed by atoms with van der Waals surface area (Å²) in [5, 5.41) is 10.8. The van der Waals surface area contributed by atoms with E-state index in [1.54, 1.807) is 13.8 Å². The van der Waals surface area contributed by atoms with E-state index in [4.69, 9.17) is 16.6 Å². The number of hydrogen-bond donors (Lipinski definition) is 4. The van der Waals surface area contributed by atoms with E-state index in [9.17, 15) is 14.4 Å². The van der Waals surface area contributed by atoms with Gasteiger partial charge in [-0.05, 0) is 5.92 Å². The fourth-order valence-corrected chi connectivity index (χ4v) is 1.11. The number of amides is 2. The zero-order chi connectivity index (χ0) is 12.9. The van der Waals surface area contributed by atoms with Gasteiger partial charge in [0.15, 0.2) is 0 Å². The Balaban J connectivity index is 4.40. The van der Waals surface area contributed by atoms with Crippen LogP contribution >= 0.6 is 0 Å². The van der Waals surface area contributed by atoms with Gasteiger partial charge in [-0.2, -0.15) is 0 Å². The van der Waals surface area contributed by atoms with Gasteiger partial charge >= 0.3 is 5.97 Å². The van der Waals surface area contributed by atoms with Crippen LogP contribution in [0.2, 0.25) is 0 Å². The maximum Gasteiger partial charge on any atom is 0.305 e. The van der Waals surface area contributed by atoms with Gasteiger partial charge in [0, 0.05) is 0 Å². The van der Waals surface area contributed by atoms with Crippen molar-refractivity contribution in [3.63, 3.8) is 0 Å². The Morgan fingerprint density at radius 1 is 1.31 bits per heavy atom. The minimum Gasteiger partial charge on any atom is -0.481 e. The number of nitrogens with two attached hydrogens (primary N) is 2. The minimum atomic E-state index is -1.18. The summed E-state index contributed by atoms with van der Waals surface area (Å²) in [6.45, 7) is 3.41. The van der Waals surface area contributed by atoms with Crippen LogP contribution in [0.15, 0.2) is 0 Å². The summed E-state index contributed by atoms with van der Waals surface area (Å²) in [6.07, 6.45) is -0.491. The molecule has 0 saturated carbocycles. The smallest absolute Gasteiger partial charge is 0.305 e. The lowest BCUT2D eigenvalue weighted by atomic mass is 10.0. The summed E-state index contributed by atoms with van der Waals surface area (Å²) >= 11 is 0. The molecule has 0 aliphatic rings. The molecule has 6 N–H and O–H groups in total. The minimum absolute atomic E-state index is 0.182. The number of carbonyl (C=O) groups excluding carboxylic acids is 2. The predicted molar refractivity (Wildman–Crippen MR) is 56.2 cm³/mol. The lowest BCUT2D eigenvalue weighted by Crippen LogP contribution is -2.53. The third kappa shape index (κ3) is 4.74. The van der Waals surface area contributed by atoms with Crippen LogP contribution in [-0.2, 0) is 14.4 Å². The van der Waals surface area contributed by atoms with Crippen molar-refractivity contribution >= 4 is 17.8 Å². The van der Waals surface area contributed by atoms with Crippen molar-refractivity contribution in [1.29, 1.82) is 0 Å². The van der Waals surface area contributed by atoms with Gasteiger partial charge in [-0.1, -0.05) is 13.8 Å². The average molecular weight is 231 g/mol. The molecular formula is C9H17N3O4. The van der Waals surface area contributed by atoms with Gasteiger partial charge in [0.25, 0.3) is 0 Å². The maximum absolute atomic E-state index is 11.4. The van der Waals surface area contributed by atoms with Crippen LogP contribution in [0.25, 0.3) is 0 Å². The van der Waals surface area contributed by atoms with Crippen LogP contribution in [0.4, 0.5) is 0 Å². The Bertz CT molecular complexity index is 290. The molecule has 0 radical (unpaired) electrons. The molecule has 0 aliphatic heterocycles. The molecule has 92 valence electrons. The molecule has 0 aromatic heterocycles. The van der Waals surface area contributed by atoms with E-state index in [1.165, 1.54) is 0 Å². The molecule has 0 aromatic carbocycles. The van der Waals surface area contributed by atoms with Gasteiger partial charge < -0.3 is 21.9 Å². The predicted octanol–water partition coefficient (Wildman–Crippen LogP) is -1.59. The van der Waals surface area contributed by atoms with Gasteiger partial charge in [-0.25, -0.2) is 0 Å². The molecule has 0 bridgehead atoms. The van der Waals surface area contributed by atoms with E-state index in [1.807, 2.05) is 0 Å². The molecule has 0 saturated heterocycles. The van der Waals surface area contributed by atoms with Gasteiger partial charge in [0.2, 0.25) is 11.8 Å². The van der Waals surface area contributed by atoms with Crippen LogP contribution in [0.5, 0.6) is 0 Å². The number of carbonyl (C=O) groups is 3. The van der Waals surface area contributed by atoms with Crippen LogP contribution in [0, 0.1) is 5.92 Å². The standard InChI is InChI=1S/C9H17N3O4/c1-4(2)7(8(11)15)12-9(16)5(10)3-6(13)14/h4-5,7H,3,10H2,1-2H3,(H2,11,15)(H,12,16)(H,13,14). The second-order valence-electron chi connectivity index (χ2n) is 3.84. The SMILES string of the molecule is CC(C)C(NC(=O)C(N)CC(=O)O)C(N)=O. The van der Waals surface area contributed by atoms with Crippen molar-refractivity contribution in [2.75, 3.05) is 0 Å². The fraction of sp³-hybridized carbons (Fsp3) is 0.667. The van der Waals surface area contributed by atoms with E-state index >= 15 is 0 Å². The van der Waals surface area contributed by atoms with Crippen LogP contribution < -0.4 is 16.8 Å². The first-order chi connectivity index (χ1) is 7.25. The highest BCUT2D eigenvalue weighted by Gasteiger charge is 2.25. The fourth-order valence-electron chi connectivity index (χ4n) is 1.11. The molecule has 0 rings (SSSR count). The Morgan fingerprint density at radius 3 is 2.12 bits per heavy atom. The molecule has 0 spiro atoms. The highest BCUT2D eigenvalue weighted by molar-refractivity contribution is 5.90. The monoisotopic (exact) mass is 231 g/mol. The number of nitrogens with one attached hydrogen (secondary N) is 1. The lowest BCUT2D eigenvalue weighted by molar-refractivity contribution is -0.139. The number of hydrogen-bond acceptors (Lipinski definition) is 4. The first-order valence-corrected chi connectivity index (χ1v) is 4.82. The summed E-state index contributed by atoms with van der Waals surface area (Å²) in [5.74, 6) is -2.73. The Hall–Kier alpha value is -1.63. The van der Waals surface area contributed by atoms with Crippen molar-refractivity contribution in [3.8, 4) is 0 Å². The van der Waals surface area contributed by atoms with Crippen molar-refractivity contribution in [1.82, 2.24) is 5.32 Å². The normalized spacial score (nSPS) is 14.2. The first-order valence-electron chi connectivity index (χ1n) is 4.82. The number of carboxylic acids is 1. The van der Waals surface area contributed by atoms with Gasteiger partial charge in [0.05, 0.1) is 12.5 Å². The second kappa shape index (κ2) is 6.06. The van der Waals surface area contributed by atoms with E-state index in [0.29, 0.717) is 0 Å². The first kappa shape index (κ1) is 14.4. The molecule has 2 atom stereocenters. The van der Waals surface area contributed by atoms with Gasteiger partial charge in [0.1, 0.15) is 6.04 Å². The summed E-state index contributed by atoms with van der Waals surface area (Å²) < 4.78 is 0. The summed E-state index contributed by atoms with van der Waals surface area (Å²) in [5.41, 5.74) is 10.4. The van der Waals surface area contributed by atoms with Crippen molar-refractivity contribution in [2.24, 2.45) is 17.4 Å². The zero-order valence-corrected chi connectivity index (χ0v) is 9.27. The van der Waals surface area contributed by atoms with Crippen molar-refractivity contribution in [2.45, 2.75) is 32.4 Å². The van der Waals surface area contributed by atoms with E-state index < -0.39 is 36.3 Å². The quantitative estimate of drug-likeness (QED) is 0.437. The molecular weight excluding hydrogens is 214 g/mol. The number of primary amides is 1. The molecule has 16 heavy (non-hydrogen) atoms. The van der Waals surface area contributed by atoms with E-state index in [0.717, 1.165) is 0 Å². The van der Waals surface area contributed by atoms with Crippen LogP contribution in [-0.4, -0.2) is 35.0 Å². The topological polar surface area (TPSA) is 136 Å². The highest BCUT2D eigenvalue weighted by atomic mass is 16.4. The largest absolute Gasteiger partial charge is 0.481 e. The number of aliphatic carboxylic acids is 1. The van der Waals surface area contributed by atoms with E-state index in [2.05, 4.69) is 5.32 Å². The van der Waals surface area contributed by atoms with Crippen LogP contribution in [0.3, 0.4) is 0 Å². The molecule has 2 amide bonds. The summed E-state index contributed by atoms with van der Waals surface area (Å²) in [4.78, 5) is 32.7. The second-order valence-corrected chi connectivity index (χ2v) is 3.84. The molecule has 0 aliphatic carbocycles. The Kier molecular flexibility index (Phi) is 5.44. The van der Waals surface area contributed by atoms with Gasteiger partial charge in [-0.15, -0.1) is 0 Å². The Labute approximate surface area is 93.2 Å². The summed E-state index contributed by atoms with van der Waals surface area (Å²) in [6, 6.07) is -2.02. The van der Waals surface area contributed by atoms with Gasteiger partial charge in [-0.3, -0.25) is 14.4 Å². The number of carboxylic acid groups (broad SMARTS) is 1.